The van der Waals surface area contributed by atoms with Crippen LogP contribution in [0.15, 0.2) is 0 Å². The fourth-order valence-electron chi connectivity index (χ4n) is 2.28. The summed E-state index contributed by atoms with van der Waals surface area (Å²) >= 11 is 0. The van der Waals surface area contributed by atoms with E-state index in [-0.39, 0.29) is 0 Å². The van der Waals surface area contributed by atoms with E-state index in [2.05, 4.69) is 31.0 Å². The van der Waals surface area contributed by atoms with Gasteiger partial charge in [0.05, 0.1) is 5.60 Å². The van der Waals surface area contributed by atoms with Crippen molar-refractivity contribution in [3.05, 3.63) is 0 Å². The van der Waals surface area contributed by atoms with Gasteiger partial charge in [0.2, 0.25) is 0 Å². The van der Waals surface area contributed by atoms with Crippen molar-refractivity contribution in [2.75, 3.05) is 26.2 Å². The summed E-state index contributed by atoms with van der Waals surface area (Å²) in [4.78, 5) is 2.41. The molecule has 1 saturated heterocycles. The maximum absolute atomic E-state index is 10.3. The Labute approximate surface area is 107 Å². The minimum atomic E-state index is -0.552. The summed E-state index contributed by atoms with van der Waals surface area (Å²) < 4.78 is 0. The van der Waals surface area contributed by atoms with Crippen molar-refractivity contribution in [2.45, 2.75) is 58.6 Å². The molecule has 102 valence electrons. The van der Waals surface area contributed by atoms with Crippen LogP contribution in [0, 0.1) is 5.92 Å². The van der Waals surface area contributed by atoms with Crippen LogP contribution in [-0.4, -0.2) is 47.8 Å². The van der Waals surface area contributed by atoms with Gasteiger partial charge in [-0.05, 0) is 51.7 Å². The zero-order chi connectivity index (χ0) is 12.9. The zero-order valence-corrected chi connectivity index (χ0v) is 12.0. The van der Waals surface area contributed by atoms with Crippen LogP contribution in [0.3, 0.4) is 0 Å². The second-order valence-corrected chi connectivity index (χ2v) is 6.02. The predicted molar refractivity (Wildman–Crippen MR) is 73.2 cm³/mol. The molecule has 1 aliphatic rings. The topological polar surface area (TPSA) is 35.5 Å². The van der Waals surface area contributed by atoms with E-state index >= 15 is 0 Å². The molecule has 3 nitrogen and oxygen atoms in total. The van der Waals surface area contributed by atoms with Crippen LogP contribution in [0.5, 0.6) is 0 Å². The Bertz CT molecular complexity index is 208. The molecule has 3 heteroatoms. The Morgan fingerprint density at radius 3 is 2.41 bits per heavy atom. The molecule has 0 aromatic heterocycles. The zero-order valence-electron chi connectivity index (χ0n) is 12.0. The Balaban J connectivity index is 2.27. The third-order valence-corrected chi connectivity index (χ3v) is 4.06. The van der Waals surface area contributed by atoms with Gasteiger partial charge in [0.1, 0.15) is 0 Å². The molecule has 2 N–H and O–H groups in total. The molecular weight excluding hydrogens is 212 g/mol. The van der Waals surface area contributed by atoms with Crippen molar-refractivity contribution in [3.8, 4) is 0 Å². The molecule has 0 aromatic carbocycles. The first-order valence-corrected chi connectivity index (χ1v) is 7.14. The SMILES string of the molecule is CCCNC1CCN(CC(C)(O)C(C)C)CC1. The Morgan fingerprint density at radius 2 is 1.94 bits per heavy atom. The van der Waals surface area contributed by atoms with Gasteiger partial charge in [-0.15, -0.1) is 0 Å². The van der Waals surface area contributed by atoms with Gasteiger partial charge < -0.3 is 15.3 Å². The van der Waals surface area contributed by atoms with Crippen molar-refractivity contribution < 1.29 is 5.11 Å². The number of hydrogen-bond acceptors (Lipinski definition) is 3. The number of aliphatic hydroxyl groups is 1. The van der Waals surface area contributed by atoms with Gasteiger partial charge in [0.25, 0.3) is 0 Å². The molecule has 0 amide bonds. The predicted octanol–water partition coefficient (Wildman–Crippen LogP) is 1.86. The van der Waals surface area contributed by atoms with Crippen LogP contribution < -0.4 is 5.32 Å². The molecule has 0 aliphatic carbocycles. The van der Waals surface area contributed by atoms with E-state index < -0.39 is 5.60 Å². The molecule has 0 saturated carbocycles. The average molecular weight is 242 g/mol. The van der Waals surface area contributed by atoms with Crippen LogP contribution in [0.2, 0.25) is 0 Å². The van der Waals surface area contributed by atoms with Gasteiger partial charge in [-0.25, -0.2) is 0 Å². The quantitative estimate of drug-likeness (QED) is 0.746. The highest BCUT2D eigenvalue weighted by Gasteiger charge is 2.29. The van der Waals surface area contributed by atoms with Gasteiger partial charge in [-0.1, -0.05) is 20.8 Å². The Morgan fingerprint density at radius 1 is 1.35 bits per heavy atom. The number of piperidine rings is 1. The highest BCUT2D eigenvalue weighted by molar-refractivity contribution is 4.84. The monoisotopic (exact) mass is 242 g/mol. The summed E-state index contributed by atoms with van der Waals surface area (Å²) in [5.41, 5.74) is -0.552. The first-order valence-electron chi connectivity index (χ1n) is 7.14. The van der Waals surface area contributed by atoms with Crippen molar-refractivity contribution in [1.29, 1.82) is 0 Å². The first-order chi connectivity index (χ1) is 7.95. The molecule has 1 rings (SSSR count). The lowest BCUT2D eigenvalue weighted by molar-refractivity contribution is -0.0243. The maximum Gasteiger partial charge on any atom is 0.0768 e. The van der Waals surface area contributed by atoms with E-state index in [0.29, 0.717) is 12.0 Å². The average Bonchev–Trinajstić information content (AvgIpc) is 2.27. The number of nitrogens with one attached hydrogen (secondary N) is 1. The third-order valence-electron chi connectivity index (χ3n) is 4.06. The summed E-state index contributed by atoms with van der Waals surface area (Å²) in [7, 11) is 0. The van der Waals surface area contributed by atoms with Crippen LogP contribution in [0.25, 0.3) is 0 Å². The van der Waals surface area contributed by atoms with E-state index in [1.54, 1.807) is 0 Å². The summed E-state index contributed by atoms with van der Waals surface area (Å²) in [6.07, 6.45) is 3.64. The van der Waals surface area contributed by atoms with E-state index in [4.69, 9.17) is 0 Å². The smallest absolute Gasteiger partial charge is 0.0768 e. The second kappa shape index (κ2) is 6.72. The third kappa shape index (κ3) is 4.94. The fourth-order valence-corrected chi connectivity index (χ4v) is 2.28. The van der Waals surface area contributed by atoms with Crippen LogP contribution in [0.4, 0.5) is 0 Å². The van der Waals surface area contributed by atoms with Crippen LogP contribution >= 0.6 is 0 Å². The molecular formula is C14H30N2O. The first kappa shape index (κ1) is 14.9. The van der Waals surface area contributed by atoms with Crippen molar-refractivity contribution >= 4 is 0 Å². The normalized spacial score (nSPS) is 22.9. The summed E-state index contributed by atoms with van der Waals surface area (Å²) in [5.74, 6) is 0.318. The Kier molecular flexibility index (Phi) is 5.90. The van der Waals surface area contributed by atoms with Crippen LogP contribution in [-0.2, 0) is 0 Å². The maximum atomic E-state index is 10.3. The summed E-state index contributed by atoms with van der Waals surface area (Å²) in [6.45, 7) is 12.5. The van der Waals surface area contributed by atoms with Crippen molar-refractivity contribution in [1.82, 2.24) is 10.2 Å². The number of likely N-dealkylation sites (tertiary alicyclic amines) is 1. The van der Waals surface area contributed by atoms with E-state index in [9.17, 15) is 5.11 Å². The lowest BCUT2D eigenvalue weighted by Gasteiger charge is -2.38. The number of β-amino-alcohol motifs (C(OH)–C–C–N with tert-alkyl or cyclic N) is 1. The molecule has 0 aromatic rings. The van der Waals surface area contributed by atoms with E-state index in [1.807, 2.05) is 6.92 Å². The lowest BCUT2D eigenvalue weighted by atomic mass is 9.91. The molecule has 1 atom stereocenters. The highest BCUT2D eigenvalue weighted by Crippen LogP contribution is 2.20. The summed E-state index contributed by atoms with van der Waals surface area (Å²) in [5, 5.41) is 13.9. The minimum absolute atomic E-state index is 0.318. The molecule has 0 radical (unpaired) electrons. The fraction of sp³-hybridized carbons (Fsp3) is 1.00. The molecule has 1 fully saturated rings. The Hall–Kier alpha value is -0.120. The standard InChI is InChI=1S/C14H30N2O/c1-5-8-15-13-6-9-16(10-7-13)11-14(4,17)12(2)3/h12-13,15,17H,5-11H2,1-4H3. The van der Waals surface area contributed by atoms with Gasteiger partial charge in [0.15, 0.2) is 0 Å². The van der Waals surface area contributed by atoms with Gasteiger partial charge in [0, 0.05) is 12.6 Å². The molecule has 1 unspecified atom stereocenters. The van der Waals surface area contributed by atoms with Crippen LogP contribution in [0.1, 0.15) is 47.0 Å². The van der Waals surface area contributed by atoms with Gasteiger partial charge in [-0.2, -0.15) is 0 Å². The molecule has 17 heavy (non-hydrogen) atoms. The van der Waals surface area contributed by atoms with E-state index in [1.165, 1.54) is 19.3 Å². The summed E-state index contributed by atoms with van der Waals surface area (Å²) in [6, 6.07) is 0.690. The van der Waals surface area contributed by atoms with Gasteiger partial charge in [-0.3, -0.25) is 0 Å². The van der Waals surface area contributed by atoms with Gasteiger partial charge >= 0.3 is 0 Å². The number of hydrogen-bond donors (Lipinski definition) is 2. The molecule has 1 aliphatic heterocycles. The lowest BCUT2D eigenvalue weighted by Crippen LogP contribution is -2.49. The largest absolute Gasteiger partial charge is 0.389 e. The van der Waals surface area contributed by atoms with Crippen molar-refractivity contribution in [3.63, 3.8) is 0 Å². The molecule has 0 spiro atoms. The number of nitrogens with zero attached hydrogens (tertiary/aromatic N) is 1. The molecule has 1 heterocycles. The minimum Gasteiger partial charge on any atom is -0.389 e. The number of rotatable bonds is 6. The van der Waals surface area contributed by atoms with Crippen molar-refractivity contribution in [2.24, 2.45) is 5.92 Å². The molecule has 0 bridgehead atoms. The second-order valence-electron chi connectivity index (χ2n) is 6.02. The highest BCUT2D eigenvalue weighted by atomic mass is 16.3. The van der Waals surface area contributed by atoms with E-state index in [0.717, 1.165) is 26.2 Å².